The highest BCUT2D eigenvalue weighted by Crippen LogP contribution is 2.10. The highest BCUT2D eigenvalue weighted by Gasteiger charge is 2.19. The quantitative estimate of drug-likeness (QED) is 0.800. The maximum atomic E-state index is 12.0. The van der Waals surface area contributed by atoms with Gasteiger partial charge in [0.05, 0.1) is 0 Å². The maximum absolute atomic E-state index is 12.0. The number of rotatable bonds is 7. The smallest absolute Gasteiger partial charge is 0.220 e. The molecule has 0 atom stereocenters. The molecule has 0 unspecified atom stereocenters. The Kier molecular flexibility index (Phi) is 6.70. The third-order valence-electron chi connectivity index (χ3n) is 4.11. The minimum Gasteiger partial charge on any atom is -0.353 e. The molecule has 4 nitrogen and oxygen atoms in total. The molecule has 1 saturated heterocycles. The van der Waals surface area contributed by atoms with E-state index in [1.807, 2.05) is 18.2 Å². The third-order valence-corrected chi connectivity index (χ3v) is 4.11. The molecule has 2 rings (SSSR count). The molecular weight excluding hydrogens is 262 g/mol. The highest BCUT2D eigenvalue weighted by atomic mass is 16.1. The summed E-state index contributed by atoms with van der Waals surface area (Å²) in [6, 6.07) is 10.7. The molecule has 1 aliphatic rings. The Hall–Kier alpha value is -1.39. The van der Waals surface area contributed by atoms with E-state index in [1.165, 1.54) is 5.56 Å². The zero-order valence-electron chi connectivity index (χ0n) is 12.8. The number of aryl methyl sites for hydroxylation is 1. The zero-order chi connectivity index (χ0) is 14.9. The largest absolute Gasteiger partial charge is 0.353 e. The average Bonchev–Trinajstić information content (AvgIpc) is 2.51. The fraction of sp³-hybridized carbons (Fsp3) is 0.588. The minimum atomic E-state index is 0.197. The molecule has 1 fully saturated rings. The maximum Gasteiger partial charge on any atom is 0.220 e. The Morgan fingerprint density at radius 1 is 1.24 bits per heavy atom. The molecule has 3 N–H and O–H groups in total. The van der Waals surface area contributed by atoms with Gasteiger partial charge in [-0.2, -0.15) is 0 Å². The van der Waals surface area contributed by atoms with Gasteiger partial charge in [-0.15, -0.1) is 0 Å². The van der Waals surface area contributed by atoms with Crippen LogP contribution in [0.25, 0.3) is 0 Å². The van der Waals surface area contributed by atoms with E-state index in [4.69, 9.17) is 5.73 Å². The van der Waals surface area contributed by atoms with Crippen LogP contribution in [0.2, 0.25) is 0 Å². The van der Waals surface area contributed by atoms with E-state index in [1.54, 1.807) is 0 Å². The molecule has 0 radical (unpaired) electrons. The summed E-state index contributed by atoms with van der Waals surface area (Å²) in [5, 5.41) is 3.17. The molecule has 1 heterocycles. The van der Waals surface area contributed by atoms with Crippen LogP contribution in [0.3, 0.4) is 0 Å². The monoisotopic (exact) mass is 289 g/mol. The predicted molar refractivity (Wildman–Crippen MR) is 86.0 cm³/mol. The zero-order valence-corrected chi connectivity index (χ0v) is 12.8. The third kappa shape index (κ3) is 5.86. The highest BCUT2D eigenvalue weighted by molar-refractivity contribution is 5.76. The number of benzene rings is 1. The first kappa shape index (κ1) is 16.0. The molecule has 1 aromatic carbocycles. The van der Waals surface area contributed by atoms with Crippen molar-refractivity contribution in [3.8, 4) is 0 Å². The summed E-state index contributed by atoms with van der Waals surface area (Å²) in [4.78, 5) is 14.3. The van der Waals surface area contributed by atoms with Crippen LogP contribution < -0.4 is 11.1 Å². The van der Waals surface area contributed by atoms with Crippen molar-refractivity contribution in [2.24, 2.45) is 5.73 Å². The number of nitrogens with zero attached hydrogens (tertiary/aromatic N) is 1. The first-order valence-corrected chi connectivity index (χ1v) is 8.03. The lowest BCUT2D eigenvalue weighted by molar-refractivity contribution is -0.122. The fourth-order valence-corrected chi connectivity index (χ4v) is 2.88. The van der Waals surface area contributed by atoms with Gasteiger partial charge in [0.2, 0.25) is 5.91 Å². The van der Waals surface area contributed by atoms with E-state index in [0.717, 1.165) is 51.9 Å². The summed E-state index contributed by atoms with van der Waals surface area (Å²) >= 11 is 0. The van der Waals surface area contributed by atoms with Gasteiger partial charge < -0.3 is 16.0 Å². The minimum absolute atomic E-state index is 0.197. The van der Waals surface area contributed by atoms with Gasteiger partial charge in [0.15, 0.2) is 0 Å². The Balaban J connectivity index is 1.60. The van der Waals surface area contributed by atoms with Gasteiger partial charge in [-0.3, -0.25) is 4.79 Å². The van der Waals surface area contributed by atoms with Crippen LogP contribution in [0.4, 0.5) is 0 Å². The summed E-state index contributed by atoms with van der Waals surface area (Å²) in [6.45, 7) is 3.78. The second kappa shape index (κ2) is 8.80. The number of carbonyl (C=O) groups is 1. The summed E-state index contributed by atoms with van der Waals surface area (Å²) in [7, 11) is 0. The van der Waals surface area contributed by atoms with Crippen LogP contribution in [-0.2, 0) is 11.2 Å². The summed E-state index contributed by atoms with van der Waals surface area (Å²) in [5.74, 6) is 0.197. The van der Waals surface area contributed by atoms with Gasteiger partial charge in [-0.25, -0.2) is 0 Å². The summed E-state index contributed by atoms with van der Waals surface area (Å²) in [6.07, 6.45) is 4.61. The topological polar surface area (TPSA) is 58.4 Å². The van der Waals surface area contributed by atoms with Gasteiger partial charge in [-0.1, -0.05) is 30.3 Å². The van der Waals surface area contributed by atoms with Crippen LogP contribution in [0.1, 0.15) is 31.2 Å². The molecule has 1 aliphatic heterocycles. The predicted octanol–water partition coefficient (Wildman–Crippen LogP) is 1.55. The van der Waals surface area contributed by atoms with Gasteiger partial charge in [0, 0.05) is 38.6 Å². The molecule has 0 bridgehead atoms. The number of hydrogen-bond acceptors (Lipinski definition) is 3. The first-order valence-electron chi connectivity index (χ1n) is 8.03. The van der Waals surface area contributed by atoms with Crippen molar-refractivity contribution in [3.63, 3.8) is 0 Å². The second-order valence-corrected chi connectivity index (χ2v) is 5.81. The Bertz CT molecular complexity index is 413. The van der Waals surface area contributed by atoms with Crippen LogP contribution in [0.15, 0.2) is 30.3 Å². The summed E-state index contributed by atoms with van der Waals surface area (Å²) in [5.41, 5.74) is 6.87. The standard InChI is InChI=1S/C17H27N3O/c18-11-14-20-12-9-16(10-13-20)19-17(21)8-4-7-15-5-2-1-3-6-15/h1-3,5-6,16H,4,7-14,18H2,(H,19,21). The molecular formula is C17H27N3O. The number of amides is 1. The molecule has 116 valence electrons. The number of nitrogens with one attached hydrogen (secondary N) is 1. The lowest BCUT2D eigenvalue weighted by Gasteiger charge is -2.32. The molecule has 1 amide bonds. The average molecular weight is 289 g/mol. The van der Waals surface area contributed by atoms with E-state index < -0.39 is 0 Å². The van der Waals surface area contributed by atoms with Crippen molar-refractivity contribution in [2.75, 3.05) is 26.2 Å². The Labute approximate surface area is 127 Å². The van der Waals surface area contributed by atoms with Gasteiger partial charge in [0.25, 0.3) is 0 Å². The second-order valence-electron chi connectivity index (χ2n) is 5.81. The molecule has 0 aromatic heterocycles. The summed E-state index contributed by atoms with van der Waals surface area (Å²) < 4.78 is 0. The molecule has 4 heteroatoms. The van der Waals surface area contributed by atoms with Crippen molar-refractivity contribution in [3.05, 3.63) is 35.9 Å². The molecule has 1 aromatic rings. The van der Waals surface area contributed by atoms with Gasteiger partial charge in [-0.05, 0) is 31.2 Å². The number of carbonyl (C=O) groups excluding carboxylic acids is 1. The van der Waals surface area contributed by atoms with Crippen molar-refractivity contribution < 1.29 is 4.79 Å². The van der Waals surface area contributed by atoms with Gasteiger partial charge >= 0.3 is 0 Å². The van der Waals surface area contributed by atoms with E-state index in [-0.39, 0.29) is 5.91 Å². The normalized spacial score (nSPS) is 16.8. The number of nitrogens with two attached hydrogens (primary N) is 1. The number of likely N-dealkylation sites (tertiary alicyclic amines) is 1. The Morgan fingerprint density at radius 2 is 1.95 bits per heavy atom. The van der Waals surface area contributed by atoms with Crippen molar-refractivity contribution in [2.45, 2.75) is 38.1 Å². The number of hydrogen-bond donors (Lipinski definition) is 2. The Morgan fingerprint density at radius 3 is 2.62 bits per heavy atom. The fourth-order valence-electron chi connectivity index (χ4n) is 2.88. The molecule has 0 spiro atoms. The van der Waals surface area contributed by atoms with Crippen LogP contribution >= 0.6 is 0 Å². The molecule has 21 heavy (non-hydrogen) atoms. The lowest BCUT2D eigenvalue weighted by atomic mass is 10.0. The van der Waals surface area contributed by atoms with Crippen LogP contribution in [0, 0.1) is 0 Å². The number of piperidine rings is 1. The van der Waals surface area contributed by atoms with Crippen molar-refractivity contribution >= 4 is 5.91 Å². The first-order chi connectivity index (χ1) is 10.3. The molecule has 0 aliphatic carbocycles. The van der Waals surface area contributed by atoms with E-state index in [2.05, 4.69) is 22.3 Å². The van der Waals surface area contributed by atoms with Crippen molar-refractivity contribution in [1.82, 2.24) is 10.2 Å². The van der Waals surface area contributed by atoms with Crippen LogP contribution in [0.5, 0.6) is 0 Å². The molecule has 0 saturated carbocycles. The lowest BCUT2D eigenvalue weighted by Crippen LogP contribution is -2.45. The van der Waals surface area contributed by atoms with E-state index in [9.17, 15) is 4.79 Å². The van der Waals surface area contributed by atoms with Crippen molar-refractivity contribution in [1.29, 1.82) is 0 Å². The van der Waals surface area contributed by atoms with E-state index >= 15 is 0 Å². The van der Waals surface area contributed by atoms with Crippen LogP contribution in [-0.4, -0.2) is 43.0 Å². The van der Waals surface area contributed by atoms with E-state index in [0.29, 0.717) is 12.5 Å². The SMILES string of the molecule is NCCN1CCC(NC(=O)CCCc2ccccc2)CC1. The van der Waals surface area contributed by atoms with Gasteiger partial charge in [0.1, 0.15) is 0 Å².